The summed E-state index contributed by atoms with van der Waals surface area (Å²) in [5, 5.41) is 2.27. The predicted octanol–water partition coefficient (Wildman–Crippen LogP) is 2.88. The molecule has 0 bridgehead atoms. The van der Waals surface area contributed by atoms with Gasteiger partial charge in [-0.2, -0.15) is 0 Å². The van der Waals surface area contributed by atoms with Crippen LogP contribution in [0.5, 0.6) is 0 Å². The molecule has 156 valence electrons. The number of nitrogens with one attached hydrogen (secondary N) is 1. The highest BCUT2D eigenvalue weighted by Crippen LogP contribution is 2.26. The summed E-state index contributed by atoms with van der Waals surface area (Å²) in [6.07, 6.45) is 3.96. The molecule has 0 saturated carbocycles. The third-order valence-electron chi connectivity index (χ3n) is 4.74. The fourth-order valence-corrected chi connectivity index (χ4v) is 4.25. The molecule has 1 aliphatic rings. The first kappa shape index (κ1) is 22.6. The van der Waals surface area contributed by atoms with Gasteiger partial charge >= 0.3 is 6.09 Å². The van der Waals surface area contributed by atoms with Gasteiger partial charge in [-0.1, -0.05) is 30.3 Å². The Kier molecular flexibility index (Phi) is 8.19. The van der Waals surface area contributed by atoms with Crippen molar-refractivity contribution < 1.29 is 18.9 Å². The lowest BCUT2D eigenvalue weighted by Crippen LogP contribution is -2.46. The topological polar surface area (TPSA) is 81.7 Å². The minimum absolute atomic E-state index is 0.122. The predicted molar refractivity (Wildman–Crippen MR) is 112 cm³/mol. The Morgan fingerprint density at radius 3 is 2.61 bits per heavy atom. The van der Waals surface area contributed by atoms with Crippen LogP contribution in [-0.4, -0.2) is 57.7 Å². The number of likely N-dealkylation sites (tertiary alicyclic amines) is 1. The van der Waals surface area contributed by atoms with E-state index < -0.39 is 22.0 Å². The smallest absolute Gasteiger partial charge is 0.410 e. The molecule has 3 atom stereocenters. The lowest BCUT2D eigenvalue weighted by atomic mass is 10.1. The second-order valence-corrected chi connectivity index (χ2v) is 9.79. The van der Waals surface area contributed by atoms with E-state index in [4.69, 9.17) is 4.74 Å². The molecular formula is C21H32N2O4S. The second kappa shape index (κ2) is 10.2. The van der Waals surface area contributed by atoms with Gasteiger partial charge in [0.05, 0.1) is 6.26 Å². The lowest BCUT2D eigenvalue weighted by Gasteiger charge is -2.30. The van der Waals surface area contributed by atoms with Crippen LogP contribution in [0, 0.1) is 0 Å². The van der Waals surface area contributed by atoms with Crippen LogP contribution in [0.1, 0.15) is 45.6 Å². The average molecular weight is 409 g/mol. The molecule has 2 amide bonds. The molecule has 1 fully saturated rings. The zero-order valence-corrected chi connectivity index (χ0v) is 18.1. The number of nitrogens with zero attached hydrogens (tertiary/aromatic N) is 1. The van der Waals surface area contributed by atoms with Gasteiger partial charge in [0.15, 0.2) is 5.25 Å². The van der Waals surface area contributed by atoms with Crippen LogP contribution in [0.4, 0.5) is 4.79 Å². The fraction of sp³-hybridized carbons (Fsp3) is 0.619. The fourth-order valence-electron chi connectivity index (χ4n) is 3.37. The molecule has 0 aliphatic carbocycles. The Morgan fingerprint density at radius 1 is 1.32 bits per heavy atom. The van der Waals surface area contributed by atoms with Crippen molar-refractivity contribution in [2.24, 2.45) is 0 Å². The van der Waals surface area contributed by atoms with E-state index in [9.17, 15) is 14.1 Å². The number of benzene rings is 1. The number of rotatable bonds is 7. The van der Waals surface area contributed by atoms with Crippen molar-refractivity contribution in [3.8, 4) is 0 Å². The number of carbonyl (C=O) groups is 2. The number of hydrogen-bond acceptors (Lipinski definition) is 4. The maximum absolute atomic E-state index is 12.6. The largest absolute Gasteiger partial charge is 0.616 e. The highest BCUT2D eigenvalue weighted by atomic mass is 32.2. The van der Waals surface area contributed by atoms with Crippen molar-refractivity contribution in [3.63, 3.8) is 0 Å². The van der Waals surface area contributed by atoms with Gasteiger partial charge in [0.2, 0.25) is 0 Å². The van der Waals surface area contributed by atoms with Crippen LogP contribution in [0.25, 0.3) is 0 Å². The Balaban J connectivity index is 1.91. The van der Waals surface area contributed by atoms with E-state index in [0.29, 0.717) is 19.5 Å². The minimum atomic E-state index is -1.32. The van der Waals surface area contributed by atoms with Gasteiger partial charge in [-0.25, -0.2) is 4.79 Å². The normalized spacial score (nSPS) is 19.2. The van der Waals surface area contributed by atoms with E-state index in [1.54, 1.807) is 11.2 Å². The monoisotopic (exact) mass is 408 g/mol. The molecule has 6 nitrogen and oxygen atoms in total. The Labute approximate surface area is 171 Å². The second-order valence-electron chi connectivity index (χ2n) is 8.22. The van der Waals surface area contributed by atoms with Crippen molar-refractivity contribution in [1.82, 2.24) is 10.2 Å². The van der Waals surface area contributed by atoms with Crippen molar-refractivity contribution in [1.29, 1.82) is 0 Å². The van der Waals surface area contributed by atoms with Gasteiger partial charge in [-0.05, 0) is 56.8 Å². The Hall–Kier alpha value is -1.73. The molecule has 28 heavy (non-hydrogen) atoms. The Bertz CT molecular complexity index is 646. The molecule has 1 saturated heterocycles. The van der Waals surface area contributed by atoms with E-state index in [1.807, 2.05) is 51.1 Å². The summed E-state index contributed by atoms with van der Waals surface area (Å²) < 4.78 is 17.7. The third-order valence-corrected chi connectivity index (χ3v) is 5.95. The highest BCUT2D eigenvalue weighted by molar-refractivity contribution is 7.92. The summed E-state index contributed by atoms with van der Waals surface area (Å²) in [5.74, 6) is -0.215. The summed E-state index contributed by atoms with van der Waals surface area (Å²) >= 11 is -1.32. The molecule has 1 N–H and O–H groups in total. The highest BCUT2D eigenvalue weighted by Gasteiger charge is 2.38. The van der Waals surface area contributed by atoms with Gasteiger partial charge in [-0.3, -0.25) is 4.79 Å². The summed E-state index contributed by atoms with van der Waals surface area (Å²) in [4.78, 5) is 26.8. The molecular weight excluding hydrogens is 376 g/mol. The molecule has 1 aromatic rings. The standard InChI is InChI=1S/C21H32N2O4S/c1-21(2,3)27-20(25)23-14-8-11-17(23)15-18(28(4)26)19(24)22-13-12-16-9-6-5-7-10-16/h5-7,9-10,17-18H,8,11-15H2,1-4H3,(H,22,24). The maximum Gasteiger partial charge on any atom is 0.410 e. The number of hydrogen-bond donors (Lipinski definition) is 1. The van der Waals surface area contributed by atoms with Crippen LogP contribution in [0.2, 0.25) is 0 Å². The van der Waals surface area contributed by atoms with Gasteiger partial charge < -0.3 is 19.5 Å². The molecule has 7 heteroatoms. The molecule has 1 heterocycles. The molecule has 0 spiro atoms. The molecule has 1 aliphatic heterocycles. The van der Waals surface area contributed by atoms with Crippen molar-refractivity contribution in [2.45, 2.75) is 63.3 Å². The first-order chi connectivity index (χ1) is 13.2. The van der Waals surface area contributed by atoms with Crippen LogP contribution >= 0.6 is 0 Å². The van der Waals surface area contributed by atoms with Crippen molar-refractivity contribution in [2.75, 3.05) is 19.3 Å². The minimum Gasteiger partial charge on any atom is -0.616 e. The SMILES string of the molecule is C[S+]([O-])C(CC1CCCN1C(=O)OC(C)(C)C)C(=O)NCCc1ccccc1. The van der Waals surface area contributed by atoms with Crippen LogP contribution in [0.15, 0.2) is 30.3 Å². The average Bonchev–Trinajstić information content (AvgIpc) is 3.07. The van der Waals surface area contributed by atoms with Crippen LogP contribution in [-0.2, 0) is 27.1 Å². The van der Waals surface area contributed by atoms with Gasteiger partial charge in [0.1, 0.15) is 5.60 Å². The first-order valence-electron chi connectivity index (χ1n) is 9.81. The first-order valence-corrected chi connectivity index (χ1v) is 11.4. The molecule has 0 aromatic heterocycles. The zero-order chi connectivity index (χ0) is 20.7. The number of ether oxygens (including phenoxy) is 1. The molecule has 2 rings (SSSR count). The van der Waals surface area contributed by atoms with Gasteiger partial charge in [0.25, 0.3) is 5.91 Å². The third kappa shape index (κ3) is 7.02. The van der Waals surface area contributed by atoms with Crippen molar-refractivity contribution in [3.05, 3.63) is 35.9 Å². The lowest BCUT2D eigenvalue weighted by molar-refractivity contribution is -0.121. The Morgan fingerprint density at radius 2 is 2.00 bits per heavy atom. The van der Waals surface area contributed by atoms with Crippen molar-refractivity contribution >= 4 is 23.2 Å². The van der Waals surface area contributed by atoms with E-state index in [0.717, 1.165) is 24.8 Å². The van der Waals surface area contributed by atoms with Gasteiger partial charge in [0, 0.05) is 25.6 Å². The number of carbonyl (C=O) groups excluding carboxylic acids is 2. The summed E-state index contributed by atoms with van der Waals surface area (Å²) in [6, 6.07) is 9.79. The summed E-state index contributed by atoms with van der Waals surface area (Å²) in [5.41, 5.74) is 0.579. The molecule has 0 radical (unpaired) electrons. The molecule has 1 aromatic carbocycles. The maximum atomic E-state index is 12.6. The van der Waals surface area contributed by atoms with Crippen LogP contribution in [0.3, 0.4) is 0 Å². The van der Waals surface area contributed by atoms with E-state index in [1.165, 1.54) is 0 Å². The number of amides is 2. The van der Waals surface area contributed by atoms with E-state index in [-0.39, 0.29) is 18.0 Å². The van der Waals surface area contributed by atoms with E-state index in [2.05, 4.69) is 5.32 Å². The van der Waals surface area contributed by atoms with Crippen LogP contribution < -0.4 is 5.32 Å². The van der Waals surface area contributed by atoms with Gasteiger partial charge in [-0.15, -0.1) is 0 Å². The van der Waals surface area contributed by atoms with E-state index >= 15 is 0 Å². The quantitative estimate of drug-likeness (QED) is 0.704. The summed E-state index contributed by atoms with van der Waals surface area (Å²) in [6.45, 7) is 6.61. The summed E-state index contributed by atoms with van der Waals surface area (Å²) in [7, 11) is 0. The molecule has 3 unspecified atom stereocenters. The zero-order valence-electron chi connectivity index (χ0n) is 17.3.